The predicted octanol–water partition coefficient (Wildman–Crippen LogP) is 0.910. The van der Waals surface area contributed by atoms with Gasteiger partial charge >= 0.3 is 0 Å². The van der Waals surface area contributed by atoms with Gasteiger partial charge in [0, 0.05) is 12.0 Å². The van der Waals surface area contributed by atoms with Crippen LogP contribution in [0.1, 0.15) is 51.9 Å². The van der Waals surface area contributed by atoms with Crippen molar-refractivity contribution in [2.45, 2.75) is 63.5 Å². The second-order valence-electron chi connectivity index (χ2n) is 5.22. The molecule has 1 rings (SSSR count). The van der Waals surface area contributed by atoms with Gasteiger partial charge < -0.3 is 16.6 Å². The van der Waals surface area contributed by atoms with Crippen molar-refractivity contribution < 1.29 is 9.90 Å². The molecule has 4 nitrogen and oxygen atoms in total. The maximum Gasteiger partial charge on any atom is 0.217 e. The summed E-state index contributed by atoms with van der Waals surface area (Å²) in [6, 6.07) is 0. The first-order valence-corrected chi connectivity index (χ1v) is 6.20. The van der Waals surface area contributed by atoms with E-state index in [0.29, 0.717) is 12.3 Å². The van der Waals surface area contributed by atoms with E-state index in [1.54, 1.807) is 0 Å². The van der Waals surface area contributed by atoms with E-state index in [1.165, 1.54) is 19.3 Å². The molecule has 0 heterocycles. The van der Waals surface area contributed by atoms with Crippen molar-refractivity contribution >= 4 is 5.91 Å². The second kappa shape index (κ2) is 5.64. The van der Waals surface area contributed by atoms with Gasteiger partial charge in [-0.1, -0.05) is 19.3 Å². The molecule has 1 saturated carbocycles. The maximum absolute atomic E-state index is 10.7. The van der Waals surface area contributed by atoms with E-state index in [1.807, 2.05) is 6.92 Å². The molecule has 16 heavy (non-hydrogen) atoms. The summed E-state index contributed by atoms with van der Waals surface area (Å²) >= 11 is 0. The Morgan fingerprint density at radius 2 is 2.00 bits per heavy atom. The van der Waals surface area contributed by atoms with Crippen LogP contribution in [0.2, 0.25) is 0 Å². The van der Waals surface area contributed by atoms with Gasteiger partial charge in [0.1, 0.15) is 0 Å². The third kappa shape index (κ3) is 3.46. The van der Waals surface area contributed by atoms with Crippen molar-refractivity contribution in [1.29, 1.82) is 0 Å². The van der Waals surface area contributed by atoms with Crippen molar-refractivity contribution in [3.63, 3.8) is 0 Å². The van der Waals surface area contributed by atoms with Gasteiger partial charge in [-0.15, -0.1) is 0 Å². The highest BCUT2D eigenvalue weighted by molar-refractivity contribution is 5.73. The highest BCUT2D eigenvalue weighted by atomic mass is 16.3. The van der Waals surface area contributed by atoms with E-state index in [-0.39, 0.29) is 12.3 Å². The predicted molar refractivity (Wildman–Crippen MR) is 63.6 cm³/mol. The van der Waals surface area contributed by atoms with Crippen LogP contribution in [0.4, 0.5) is 0 Å². The molecule has 1 aliphatic carbocycles. The fourth-order valence-electron chi connectivity index (χ4n) is 2.59. The fourth-order valence-corrected chi connectivity index (χ4v) is 2.59. The van der Waals surface area contributed by atoms with E-state index in [4.69, 9.17) is 11.5 Å². The molecular formula is C12H24N2O2. The largest absolute Gasteiger partial charge is 0.391 e. The lowest BCUT2D eigenvalue weighted by Gasteiger charge is -2.40. The first-order chi connectivity index (χ1) is 7.44. The Hall–Kier alpha value is -0.610. The van der Waals surface area contributed by atoms with Crippen LogP contribution in [-0.4, -0.2) is 22.7 Å². The number of amides is 1. The Morgan fingerprint density at radius 1 is 1.44 bits per heavy atom. The van der Waals surface area contributed by atoms with Crippen LogP contribution in [0, 0.1) is 5.92 Å². The molecule has 0 bridgehead atoms. The molecule has 2 atom stereocenters. The van der Waals surface area contributed by atoms with Crippen LogP contribution >= 0.6 is 0 Å². The Balaban J connectivity index is 2.49. The van der Waals surface area contributed by atoms with Crippen molar-refractivity contribution in [2.24, 2.45) is 17.4 Å². The van der Waals surface area contributed by atoms with Crippen LogP contribution in [0.3, 0.4) is 0 Å². The van der Waals surface area contributed by atoms with Crippen LogP contribution in [0.25, 0.3) is 0 Å². The van der Waals surface area contributed by atoms with Gasteiger partial charge in [0.25, 0.3) is 0 Å². The number of carbonyl (C=O) groups excluding carboxylic acids is 1. The first kappa shape index (κ1) is 13.5. The summed E-state index contributed by atoms with van der Waals surface area (Å²) in [7, 11) is 0. The van der Waals surface area contributed by atoms with Gasteiger partial charge in [-0.25, -0.2) is 0 Å². The SMILES string of the molecule is CC(N)(C(O)CCC(N)=O)C1CCCCC1. The number of carbonyl (C=O) groups is 1. The third-order valence-electron chi connectivity index (χ3n) is 3.87. The van der Waals surface area contributed by atoms with Crippen molar-refractivity contribution in [2.75, 3.05) is 0 Å². The molecule has 2 unspecified atom stereocenters. The molecule has 0 saturated heterocycles. The molecule has 0 aliphatic heterocycles. The standard InChI is InChI=1S/C12H24N2O2/c1-12(14,9-5-3-2-4-6-9)10(15)7-8-11(13)16/h9-10,15H,2-8,14H2,1H3,(H2,13,16). The maximum atomic E-state index is 10.7. The molecule has 1 aliphatic rings. The molecule has 0 spiro atoms. The summed E-state index contributed by atoms with van der Waals surface area (Å²) in [5.74, 6) is -0.0115. The smallest absolute Gasteiger partial charge is 0.217 e. The van der Waals surface area contributed by atoms with E-state index in [2.05, 4.69) is 0 Å². The molecule has 0 radical (unpaired) electrons. The second-order valence-corrected chi connectivity index (χ2v) is 5.22. The zero-order chi connectivity index (χ0) is 12.2. The van der Waals surface area contributed by atoms with E-state index >= 15 is 0 Å². The van der Waals surface area contributed by atoms with Crippen LogP contribution in [-0.2, 0) is 4.79 Å². The van der Waals surface area contributed by atoms with Gasteiger partial charge in [0.15, 0.2) is 0 Å². The van der Waals surface area contributed by atoms with Crippen molar-refractivity contribution in [1.82, 2.24) is 0 Å². The molecule has 1 amide bonds. The lowest BCUT2D eigenvalue weighted by atomic mass is 9.72. The Bertz CT molecular complexity index is 235. The molecule has 94 valence electrons. The zero-order valence-corrected chi connectivity index (χ0v) is 10.1. The van der Waals surface area contributed by atoms with E-state index in [9.17, 15) is 9.90 Å². The quantitative estimate of drug-likeness (QED) is 0.653. The molecule has 4 heteroatoms. The highest BCUT2D eigenvalue weighted by Crippen LogP contribution is 2.34. The number of hydrogen-bond acceptors (Lipinski definition) is 3. The minimum Gasteiger partial charge on any atom is -0.391 e. The molecule has 1 fully saturated rings. The fraction of sp³-hybridized carbons (Fsp3) is 0.917. The lowest BCUT2D eigenvalue weighted by Crippen LogP contribution is -2.54. The molecule has 0 aromatic rings. The summed E-state index contributed by atoms with van der Waals surface area (Å²) in [4.78, 5) is 10.7. The number of hydrogen-bond donors (Lipinski definition) is 3. The summed E-state index contributed by atoms with van der Waals surface area (Å²) < 4.78 is 0. The first-order valence-electron chi connectivity index (χ1n) is 6.20. The Morgan fingerprint density at radius 3 is 2.50 bits per heavy atom. The highest BCUT2D eigenvalue weighted by Gasteiger charge is 2.37. The topological polar surface area (TPSA) is 89.3 Å². The summed E-state index contributed by atoms with van der Waals surface area (Å²) in [5.41, 5.74) is 10.7. The third-order valence-corrected chi connectivity index (χ3v) is 3.87. The number of aliphatic hydroxyl groups excluding tert-OH is 1. The molecule has 0 aromatic heterocycles. The summed E-state index contributed by atoms with van der Waals surface area (Å²) in [6.45, 7) is 1.90. The number of primary amides is 1. The van der Waals surface area contributed by atoms with Crippen LogP contribution in [0.5, 0.6) is 0 Å². The van der Waals surface area contributed by atoms with Gasteiger partial charge in [0.2, 0.25) is 5.91 Å². The number of nitrogens with two attached hydrogens (primary N) is 2. The van der Waals surface area contributed by atoms with E-state index in [0.717, 1.165) is 12.8 Å². The molecule has 5 N–H and O–H groups in total. The molecular weight excluding hydrogens is 204 g/mol. The Labute approximate surface area is 97.4 Å². The normalized spacial score (nSPS) is 23.7. The Kier molecular flexibility index (Phi) is 4.74. The average molecular weight is 228 g/mol. The number of aliphatic hydroxyl groups is 1. The minimum absolute atomic E-state index is 0.209. The average Bonchev–Trinajstić information content (AvgIpc) is 2.27. The summed E-state index contributed by atoms with van der Waals surface area (Å²) in [5, 5.41) is 10.0. The van der Waals surface area contributed by atoms with Gasteiger partial charge in [-0.3, -0.25) is 4.79 Å². The van der Waals surface area contributed by atoms with Gasteiger partial charge in [-0.2, -0.15) is 0 Å². The lowest BCUT2D eigenvalue weighted by molar-refractivity contribution is -0.118. The van der Waals surface area contributed by atoms with Crippen LogP contribution < -0.4 is 11.5 Å². The molecule has 0 aromatic carbocycles. The summed E-state index contributed by atoms with van der Waals surface area (Å²) in [6.07, 6.45) is 5.77. The van der Waals surface area contributed by atoms with Gasteiger partial charge in [0.05, 0.1) is 6.10 Å². The van der Waals surface area contributed by atoms with E-state index < -0.39 is 11.6 Å². The van der Waals surface area contributed by atoms with Crippen molar-refractivity contribution in [3.05, 3.63) is 0 Å². The van der Waals surface area contributed by atoms with Crippen LogP contribution in [0.15, 0.2) is 0 Å². The van der Waals surface area contributed by atoms with Gasteiger partial charge in [-0.05, 0) is 32.1 Å². The minimum atomic E-state index is -0.636. The van der Waals surface area contributed by atoms with Crippen molar-refractivity contribution in [3.8, 4) is 0 Å². The monoisotopic (exact) mass is 228 g/mol. The zero-order valence-electron chi connectivity index (χ0n) is 10.1. The number of rotatable bonds is 5.